The van der Waals surface area contributed by atoms with Crippen molar-refractivity contribution in [3.63, 3.8) is 0 Å². The molecule has 0 fully saturated rings. The molecule has 0 saturated carbocycles. The summed E-state index contributed by atoms with van der Waals surface area (Å²) in [6.45, 7) is 0. The molecule has 4 heterocycles. The Morgan fingerprint density at radius 2 is 1.02 bits per heavy atom. The maximum absolute atomic E-state index is 9.00. The van der Waals surface area contributed by atoms with Crippen molar-refractivity contribution in [2.75, 3.05) is 0 Å². The lowest BCUT2D eigenvalue weighted by Gasteiger charge is -2.13. The molecule has 0 amide bonds. The number of para-hydroxylation sites is 1. The molecular weight excluding hydrogens is 805 g/mol. The zero-order valence-electron chi connectivity index (χ0n) is 38.3. The van der Waals surface area contributed by atoms with E-state index >= 15 is 0 Å². The van der Waals surface area contributed by atoms with E-state index < -0.39 is 18.1 Å². The van der Waals surface area contributed by atoms with Crippen molar-refractivity contribution >= 4 is 84.8 Å². The van der Waals surface area contributed by atoms with Crippen LogP contribution in [0, 0.1) is 0 Å². The van der Waals surface area contributed by atoms with Crippen molar-refractivity contribution in [1.29, 1.82) is 0 Å². The highest BCUT2D eigenvalue weighted by Crippen LogP contribution is 2.47. The zero-order valence-corrected chi connectivity index (χ0v) is 35.0. The lowest BCUT2D eigenvalue weighted by molar-refractivity contribution is 1.07. The second kappa shape index (κ2) is 14.4. The Morgan fingerprint density at radius 3 is 1.86 bits per heavy atom. The van der Waals surface area contributed by atoms with Crippen LogP contribution in [0.4, 0.5) is 0 Å². The van der Waals surface area contributed by atoms with E-state index in [2.05, 4.69) is 144 Å². The average Bonchev–Trinajstić information content (AvgIpc) is 4.06. The van der Waals surface area contributed by atoms with Gasteiger partial charge in [-0.05, 0) is 64.7 Å². The highest BCUT2D eigenvalue weighted by Gasteiger charge is 2.22. The summed E-state index contributed by atoms with van der Waals surface area (Å²) < 4.78 is 50.4. The molecule has 13 rings (SSSR count). The predicted octanol–water partition coefficient (Wildman–Crippen LogP) is 16.0. The summed E-state index contributed by atoms with van der Waals surface area (Å²) in [6.07, 6.45) is 0. The molecule has 294 valence electrons. The van der Waals surface area contributed by atoms with Gasteiger partial charge >= 0.3 is 0 Å². The fourth-order valence-corrected chi connectivity index (χ4v) is 11.5. The van der Waals surface area contributed by atoms with E-state index in [1.54, 1.807) is 22.7 Å². The first-order valence-corrected chi connectivity index (χ1v) is 22.3. The molecule has 4 nitrogen and oxygen atoms in total. The highest BCUT2D eigenvalue weighted by atomic mass is 32.1. The van der Waals surface area contributed by atoms with Gasteiger partial charge in [0.05, 0.1) is 17.9 Å². The van der Waals surface area contributed by atoms with Gasteiger partial charge in [0, 0.05) is 73.5 Å². The Morgan fingerprint density at radius 1 is 0.365 bits per heavy atom. The first-order chi connectivity index (χ1) is 33.3. The largest absolute Gasteiger partial charge is 0.309 e. The number of nitrogens with zero attached hydrogens (tertiary/aromatic N) is 4. The van der Waals surface area contributed by atoms with E-state index in [0.717, 1.165) is 75.5 Å². The minimum Gasteiger partial charge on any atom is -0.309 e. The number of aromatic nitrogens is 4. The monoisotopic (exact) mass is 843 g/mol. The first-order valence-electron chi connectivity index (χ1n) is 23.2. The van der Waals surface area contributed by atoms with E-state index in [0.29, 0.717) is 17.2 Å². The summed E-state index contributed by atoms with van der Waals surface area (Å²) in [5.41, 5.74) is 8.81. The topological polar surface area (TPSA) is 43.6 Å². The Hall–Kier alpha value is -7.77. The molecule has 13 aromatic rings. The van der Waals surface area contributed by atoms with Crippen molar-refractivity contribution in [2.24, 2.45) is 0 Å². The minimum absolute atomic E-state index is 0.00653. The van der Waals surface area contributed by atoms with Crippen LogP contribution in [-0.4, -0.2) is 19.5 Å². The summed E-state index contributed by atoms with van der Waals surface area (Å²) in [7, 11) is 0. The smallest absolute Gasteiger partial charge is 0.165 e. The molecule has 4 aromatic heterocycles. The third-order valence-corrected chi connectivity index (χ3v) is 14.3. The summed E-state index contributed by atoms with van der Waals surface area (Å²) in [6, 6.07) is 59.1. The Labute approximate surface area is 377 Å². The molecular formula is C57H34N4S2. The predicted molar refractivity (Wildman–Crippen MR) is 267 cm³/mol. The van der Waals surface area contributed by atoms with E-state index in [-0.39, 0.29) is 23.5 Å². The molecule has 63 heavy (non-hydrogen) atoms. The minimum atomic E-state index is -0.481. The molecule has 0 aliphatic rings. The van der Waals surface area contributed by atoms with Crippen LogP contribution >= 0.6 is 22.7 Å². The van der Waals surface area contributed by atoms with Crippen LogP contribution in [0.2, 0.25) is 0 Å². The molecule has 0 atom stereocenters. The van der Waals surface area contributed by atoms with Crippen molar-refractivity contribution in [1.82, 2.24) is 19.5 Å². The summed E-state index contributed by atoms with van der Waals surface area (Å²) in [4.78, 5) is 15.2. The lowest BCUT2D eigenvalue weighted by Crippen LogP contribution is -2.01. The second-order valence-electron chi connectivity index (χ2n) is 15.6. The number of thiophene rings is 2. The maximum atomic E-state index is 9.00. The average molecular weight is 844 g/mol. The third kappa shape index (κ3) is 5.91. The van der Waals surface area contributed by atoms with Gasteiger partial charge in [-0.25, -0.2) is 15.0 Å². The van der Waals surface area contributed by atoms with Gasteiger partial charge < -0.3 is 4.57 Å². The molecule has 0 unspecified atom stereocenters. The van der Waals surface area contributed by atoms with Gasteiger partial charge in [-0.1, -0.05) is 164 Å². The Bertz CT molecular complexity index is 4190. The molecule has 6 heteroatoms. The second-order valence-corrected chi connectivity index (χ2v) is 17.7. The van der Waals surface area contributed by atoms with Crippen LogP contribution in [0.25, 0.3) is 124 Å². The highest BCUT2D eigenvalue weighted by molar-refractivity contribution is 7.27. The van der Waals surface area contributed by atoms with Gasteiger partial charge in [-0.2, -0.15) is 0 Å². The lowest BCUT2D eigenvalue weighted by atomic mass is 9.97. The van der Waals surface area contributed by atoms with Gasteiger partial charge in [0.15, 0.2) is 17.5 Å². The number of benzene rings is 9. The van der Waals surface area contributed by atoms with Crippen molar-refractivity contribution < 1.29 is 6.85 Å². The molecule has 0 aliphatic carbocycles. The molecule has 0 radical (unpaired) electrons. The Balaban J connectivity index is 1.14. The number of hydrogen-bond acceptors (Lipinski definition) is 5. The Kier molecular flexibility index (Phi) is 7.13. The standard InChI is InChI=1S/C57H34N4S2/c1-4-16-35(17-5-1)38-22-14-23-39(30-38)41-26-15-27-44-47-31-40(61-49-28-12-10-24-42(49)45-33-46-43-25-11-13-29-51(43)62-52(46)34-50(45)61)32-48(54(47)63-53(41)44)57-59-55(36-18-6-2-7-19-36)58-56(60-57)37-20-8-3-9-21-37/h1-34H/i2D,6D,7D,18D,19D. The summed E-state index contributed by atoms with van der Waals surface area (Å²) in [5.74, 6) is 0.631. The number of rotatable bonds is 6. The number of hydrogen-bond donors (Lipinski definition) is 0. The van der Waals surface area contributed by atoms with Crippen LogP contribution in [-0.2, 0) is 0 Å². The van der Waals surface area contributed by atoms with Crippen LogP contribution in [0.1, 0.15) is 6.85 Å². The molecule has 0 aliphatic heterocycles. The fourth-order valence-electron chi connectivity index (χ4n) is 9.06. The van der Waals surface area contributed by atoms with Crippen LogP contribution in [0.5, 0.6) is 0 Å². The fraction of sp³-hybridized carbons (Fsp3) is 0. The first kappa shape index (κ1) is 31.1. The zero-order chi connectivity index (χ0) is 45.8. The normalized spacial score (nSPS) is 12.9. The van der Waals surface area contributed by atoms with Crippen molar-refractivity contribution in [3.05, 3.63) is 206 Å². The van der Waals surface area contributed by atoms with Gasteiger partial charge in [0.2, 0.25) is 0 Å². The maximum Gasteiger partial charge on any atom is 0.165 e. The quantitative estimate of drug-likeness (QED) is 0.167. The van der Waals surface area contributed by atoms with Crippen LogP contribution < -0.4 is 0 Å². The van der Waals surface area contributed by atoms with Crippen LogP contribution in [0.15, 0.2) is 206 Å². The van der Waals surface area contributed by atoms with Gasteiger partial charge in [0.25, 0.3) is 0 Å². The van der Waals surface area contributed by atoms with Crippen molar-refractivity contribution in [2.45, 2.75) is 0 Å². The molecule has 0 spiro atoms. The van der Waals surface area contributed by atoms with E-state index in [1.165, 1.54) is 20.2 Å². The molecule has 0 saturated heterocycles. The van der Waals surface area contributed by atoms with Gasteiger partial charge in [0.1, 0.15) is 0 Å². The summed E-state index contributed by atoms with van der Waals surface area (Å²) >= 11 is 3.46. The molecule has 0 bridgehead atoms. The third-order valence-electron chi connectivity index (χ3n) is 11.9. The van der Waals surface area contributed by atoms with Crippen molar-refractivity contribution in [3.8, 4) is 62.1 Å². The van der Waals surface area contributed by atoms with Crippen LogP contribution in [0.3, 0.4) is 0 Å². The summed E-state index contributed by atoms with van der Waals surface area (Å²) in [5, 5.41) is 6.83. The SMILES string of the molecule is [2H]c1c([2H])c([2H])c(-c2nc(-c3ccccc3)nc(-c3cc(-n4c5ccccc5c5cc6c(cc54)sc4ccccc46)cc4c3sc3c(-c5cccc(-c6ccccc6)c5)cccc34)n2)c([2H])c1[2H]. The molecule has 9 aromatic carbocycles. The van der Waals surface area contributed by atoms with E-state index in [1.807, 2.05) is 36.4 Å². The van der Waals surface area contributed by atoms with E-state index in [9.17, 15) is 0 Å². The van der Waals surface area contributed by atoms with Gasteiger partial charge in [-0.3, -0.25) is 0 Å². The molecule has 0 N–H and O–H groups in total. The number of fused-ring (bicyclic) bond motifs is 9. The van der Waals surface area contributed by atoms with Gasteiger partial charge in [-0.15, -0.1) is 22.7 Å². The van der Waals surface area contributed by atoms with E-state index in [4.69, 9.17) is 21.8 Å².